The number of nitrogens with zero attached hydrogens (tertiary/aromatic N) is 1. The van der Waals surface area contributed by atoms with Crippen molar-refractivity contribution in [1.29, 1.82) is 0 Å². The van der Waals surface area contributed by atoms with E-state index in [9.17, 15) is 4.79 Å². The molecule has 14 heavy (non-hydrogen) atoms. The monoisotopic (exact) mass is 199 g/mol. The van der Waals surface area contributed by atoms with Gasteiger partial charge in [0.25, 0.3) is 0 Å². The maximum absolute atomic E-state index is 11.6. The van der Waals surface area contributed by atoms with E-state index in [1.54, 1.807) is 0 Å². The van der Waals surface area contributed by atoms with E-state index in [0.29, 0.717) is 12.6 Å². The van der Waals surface area contributed by atoms with Gasteiger partial charge in [0.1, 0.15) is 0 Å². The number of hydrogen-bond acceptors (Lipinski definition) is 2. The fraction of sp³-hybridized carbons (Fsp3) is 0.909. The van der Waals surface area contributed by atoms with Gasteiger partial charge in [0.05, 0.1) is 6.61 Å². The largest absolute Gasteiger partial charge is 0.450 e. The van der Waals surface area contributed by atoms with Crippen LogP contribution in [0.2, 0.25) is 0 Å². The fourth-order valence-electron chi connectivity index (χ4n) is 2.05. The van der Waals surface area contributed by atoms with E-state index < -0.39 is 0 Å². The van der Waals surface area contributed by atoms with E-state index in [0.717, 1.165) is 25.8 Å². The lowest BCUT2D eigenvalue weighted by Crippen LogP contribution is -2.40. The highest BCUT2D eigenvalue weighted by Crippen LogP contribution is 2.19. The molecule has 3 nitrogen and oxygen atoms in total. The van der Waals surface area contributed by atoms with Crippen LogP contribution in [0.1, 0.15) is 46.0 Å². The fourth-order valence-corrected chi connectivity index (χ4v) is 2.05. The summed E-state index contributed by atoms with van der Waals surface area (Å²) in [5.74, 6) is 0. The van der Waals surface area contributed by atoms with Crippen LogP contribution < -0.4 is 0 Å². The molecule has 1 heterocycles. The van der Waals surface area contributed by atoms with E-state index in [4.69, 9.17) is 4.74 Å². The van der Waals surface area contributed by atoms with Gasteiger partial charge >= 0.3 is 6.09 Å². The second-order valence-corrected chi connectivity index (χ2v) is 3.80. The maximum atomic E-state index is 11.6. The van der Waals surface area contributed by atoms with Crippen molar-refractivity contribution < 1.29 is 9.53 Å². The van der Waals surface area contributed by atoms with Crippen molar-refractivity contribution in [3.05, 3.63) is 0 Å². The van der Waals surface area contributed by atoms with Crippen LogP contribution in [-0.2, 0) is 4.74 Å². The predicted octanol–water partition coefficient (Wildman–Crippen LogP) is 2.80. The number of amides is 1. The van der Waals surface area contributed by atoms with Crippen molar-refractivity contribution >= 4 is 6.09 Å². The summed E-state index contributed by atoms with van der Waals surface area (Å²) >= 11 is 0. The normalized spacial score (nSPS) is 23.0. The Morgan fingerprint density at radius 1 is 1.36 bits per heavy atom. The third kappa shape index (κ3) is 2.89. The average molecular weight is 199 g/mol. The highest BCUT2D eigenvalue weighted by Gasteiger charge is 2.24. The topological polar surface area (TPSA) is 29.5 Å². The van der Waals surface area contributed by atoms with Gasteiger partial charge in [0.2, 0.25) is 0 Å². The average Bonchev–Trinajstić information content (AvgIpc) is 2.42. The van der Waals surface area contributed by atoms with Gasteiger partial charge in [0, 0.05) is 12.6 Å². The third-order valence-corrected chi connectivity index (χ3v) is 2.85. The van der Waals surface area contributed by atoms with Gasteiger partial charge in [-0.05, 0) is 26.2 Å². The lowest BCUT2D eigenvalue weighted by molar-refractivity contribution is 0.0901. The molecule has 1 atom stereocenters. The molecular weight excluding hydrogens is 178 g/mol. The van der Waals surface area contributed by atoms with Crippen LogP contribution in [0.3, 0.4) is 0 Å². The number of hydrogen-bond donors (Lipinski definition) is 0. The molecule has 0 N–H and O–H groups in total. The molecule has 0 bridgehead atoms. The zero-order valence-electron chi connectivity index (χ0n) is 9.29. The van der Waals surface area contributed by atoms with E-state index in [-0.39, 0.29) is 6.09 Å². The Labute approximate surface area is 86.4 Å². The van der Waals surface area contributed by atoms with Crippen LogP contribution in [-0.4, -0.2) is 30.2 Å². The van der Waals surface area contributed by atoms with Crippen LogP contribution >= 0.6 is 0 Å². The van der Waals surface area contributed by atoms with Gasteiger partial charge in [-0.25, -0.2) is 4.79 Å². The molecule has 3 heteroatoms. The SMILES string of the molecule is CCOC(=O)N1CCCCCC1CC. The first-order valence-electron chi connectivity index (χ1n) is 5.73. The molecule has 82 valence electrons. The molecule has 1 unspecified atom stereocenters. The summed E-state index contributed by atoms with van der Waals surface area (Å²) in [4.78, 5) is 13.5. The molecule has 0 aliphatic carbocycles. The Morgan fingerprint density at radius 2 is 2.14 bits per heavy atom. The standard InChI is InChI=1S/C11H21NO2/c1-3-10-8-6-5-7-9-12(10)11(13)14-4-2/h10H,3-9H2,1-2H3. The minimum absolute atomic E-state index is 0.124. The zero-order chi connectivity index (χ0) is 10.4. The van der Waals surface area contributed by atoms with Gasteiger partial charge in [0.15, 0.2) is 0 Å². The van der Waals surface area contributed by atoms with Gasteiger partial charge in [-0.3, -0.25) is 0 Å². The molecule has 0 aromatic carbocycles. The molecule has 1 fully saturated rings. The summed E-state index contributed by atoms with van der Waals surface area (Å²) in [6.07, 6.45) is 5.66. The smallest absolute Gasteiger partial charge is 0.409 e. The molecule has 0 aromatic rings. The Bertz CT molecular complexity index is 182. The van der Waals surface area contributed by atoms with Gasteiger partial charge in [-0.2, -0.15) is 0 Å². The number of rotatable bonds is 2. The van der Waals surface area contributed by atoms with Crippen molar-refractivity contribution in [2.75, 3.05) is 13.2 Å². The van der Waals surface area contributed by atoms with Crippen molar-refractivity contribution in [1.82, 2.24) is 4.90 Å². The maximum Gasteiger partial charge on any atom is 0.409 e. The van der Waals surface area contributed by atoms with Crippen LogP contribution in [0.4, 0.5) is 4.79 Å². The lowest BCUT2D eigenvalue weighted by atomic mass is 10.1. The first-order chi connectivity index (χ1) is 6.79. The molecule has 1 saturated heterocycles. The van der Waals surface area contributed by atoms with Gasteiger partial charge in [-0.15, -0.1) is 0 Å². The third-order valence-electron chi connectivity index (χ3n) is 2.85. The summed E-state index contributed by atoms with van der Waals surface area (Å²) in [6, 6.07) is 0.400. The number of ether oxygens (including phenoxy) is 1. The molecular formula is C11H21NO2. The minimum atomic E-state index is -0.124. The summed E-state index contributed by atoms with van der Waals surface area (Å²) < 4.78 is 5.06. The van der Waals surface area contributed by atoms with Crippen LogP contribution in [0, 0.1) is 0 Å². The lowest BCUT2D eigenvalue weighted by Gasteiger charge is -2.28. The van der Waals surface area contributed by atoms with Crippen molar-refractivity contribution in [2.24, 2.45) is 0 Å². The van der Waals surface area contributed by atoms with Crippen LogP contribution in [0.5, 0.6) is 0 Å². The Hall–Kier alpha value is -0.730. The molecule has 1 aliphatic rings. The molecule has 1 amide bonds. The molecule has 0 spiro atoms. The minimum Gasteiger partial charge on any atom is -0.450 e. The molecule has 0 saturated carbocycles. The second-order valence-electron chi connectivity index (χ2n) is 3.80. The summed E-state index contributed by atoms with van der Waals surface area (Å²) in [5.41, 5.74) is 0. The molecule has 1 rings (SSSR count). The Kier molecular flexibility index (Phi) is 4.77. The first-order valence-corrected chi connectivity index (χ1v) is 5.73. The Balaban J connectivity index is 2.55. The van der Waals surface area contributed by atoms with E-state index in [1.165, 1.54) is 12.8 Å². The van der Waals surface area contributed by atoms with Crippen LogP contribution in [0.25, 0.3) is 0 Å². The number of carbonyl (C=O) groups excluding carboxylic acids is 1. The van der Waals surface area contributed by atoms with Crippen molar-refractivity contribution in [3.8, 4) is 0 Å². The van der Waals surface area contributed by atoms with Gasteiger partial charge in [-0.1, -0.05) is 19.8 Å². The molecule has 1 aliphatic heterocycles. The summed E-state index contributed by atoms with van der Waals surface area (Å²) in [7, 11) is 0. The zero-order valence-corrected chi connectivity index (χ0v) is 9.29. The van der Waals surface area contributed by atoms with Crippen LogP contribution in [0.15, 0.2) is 0 Å². The molecule has 0 radical (unpaired) electrons. The van der Waals surface area contributed by atoms with E-state index in [1.807, 2.05) is 11.8 Å². The quantitative estimate of drug-likeness (QED) is 0.684. The second kappa shape index (κ2) is 5.89. The van der Waals surface area contributed by atoms with Crippen molar-refractivity contribution in [3.63, 3.8) is 0 Å². The number of carbonyl (C=O) groups is 1. The Morgan fingerprint density at radius 3 is 2.79 bits per heavy atom. The predicted molar refractivity (Wildman–Crippen MR) is 56.3 cm³/mol. The highest BCUT2D eigenvalue weighted by atomic mass is 16.6. The molecule has 0 aromatic heterocycles. The highest BCUT2D eigenvalue weighted by molar-refractivity contribution is 5.68. The van der Waals surface area contributed by atoms with E-state index >= 15 is 0 Å². The summed E-state index contributed by atoms with van der Waals surface area (Å²) in [5, 5.41) is 0. The van der Waals surface area contributed by atoms with E-state index in [2.05, 4.69) is 6.92 Å². The summed E-state index contributed by atoms with van der Waals surface area (Å²) in [6.45, 7) is 5.35. The number of likely N-dealkylation sites (tertiary alicyclic amines) is 1. The first kappa shape index (κ1) is 11.3. The van der Waals surface area contributed by atoms with Crippen molar-refractivity contribution in [2.45, 2.75) is 52.0 Å². The van der Waals surface area contributed by atoms with Gasteiger partial charge < -0.3 is 9.64 Å².